The summed E-state index contributed by atoms with van der Waals surface area (Å²) in [6.07, 6.45) is 1.13. The van der Waals surface area contributed by atoms with Crippen LogP contribution in [-0.2, 0) is 6.54 Å². The molecule has 1 aromatic rings. The van der Waals surface area contributed by atoms with Gasteiger partial charge in [0.2, 0.25) is 0 Å². The Hall–Kier alpha value is -1.53. The summed E-state index contributed by atoms with van der Waals surface area (Å²) in [5, 5.41) is 12.3. The molecule has 0 fully saturated rings. The quantitative estimate of drug-likeness (QED) is 0.839. The molecule has 0 aliphatic carbocycles. The van der Waals surface area contributed by atoms with Crippen LogP contribution >= 0.6 is 0 Å². The van der Waals surface area contributed by atoms with Gasteiger partial charge in [-0.2, -0.15) is 5.26 Å². The molecule has 0 aliphatic rings. The van der Waals surface area contributed by atoms with Gasteiger partial charge in [0.15, 0.2) is 0 Å². The molecule has 1 aromatic carbocycles. The summed E-state index contributed by atoms with van der Waals surface area (Å²) >= 11 is 0. The number of ether oxygens (including phenoxy) is 1. The smallest absolute Gasteiger partial charge is 0.123 e. The van der Waals surface area contributed by atoms with Gasteiger partial charge in [0.05, 0.1) is 18.7 Å². The first-order chi connectivity index (χ1) is 8.52. The van der Waals surface area contributed by atoms with Crippen molar-refractivity contribution in [3.63, 3.8) is 0 Å². The first-order valence-corrected chi connectivity index (χ1v) is 6.30. The lowest BCUT2D eigenvalue weighted by molar-refractivity contribution is 0.326. The molecule has 0 atom stereocenters. The van der Waals surface area contributed by atoms with Gasteiger partial charge in [-0.05, 0) is 30.0 Å². The molecule has 0 saturated heterocycles. The molecule has 18 heavy (non-hydrogen) atoms. The van der Waals surface area contributed by atoms with E-state index >= 15 is 0 Å². The number of hydrogen-bond acceptors (Lipinski definition) is 3. The van der Waals surface area contributed by atoms with Crippen molar-refractivity contribution < 1.29 is 4.74 Å². The first kappa shape index (κ1) is 14.5. The van der Waals surface area contributed by atoms with Gasteiger partial charge >= 0.3 is 0 Å². The Kier molecular flexibility index (Phi) is 5.18. The fraction of sp³-hybridized carbons (Fsp3) is 0.533. The number of nitrogens with one attached hydrogen (secondary N) is 1. The van der Waals surface area contributed by atoms with Crippen molar-refractivity contribution in [3.05, 3.63) is 29.3 Å². The number of nitrogens with zero attached hydrogens (tertiary/aromatic N) is 1. The van der Waals surface area contributed by atoms with Gasteiger partial charge < -0.3 is 10.1 Å². The van der Waals surface area contributed by atoms with Gasteiger partial charge in [-0.25, -0.2) is 0 Å². The molecule has 3 nitrogen and oxygen atoms in total. The standard InChI is InChI=1S/C15H22N2O/c1-5-15(2,3)11-17-10-13-8-12(9-16)6-7-14(13)18-4/h6-8,17H,5,10-11H2,1-4H3. The minimum Gasteiger partial charge on any atom is -0.496 e. The molecule has 0 radical (unpaired) electrons. The van der Waals surface area contributed by atoms with Crippen LogP contribution in [0.2, 0.25) is 0 Å². The van der Waals surface area contributed by atoms with Crippen LogP contribution in [0.25, 0.3) is 0 Å². The summed E-state index contributed by atoms with van der Waals surface area (Å²) in [6.45, 7) is 8.34. The molecule has 0 unspecified atom stereocenters. The van der Waals surface area contributed by atoms with Crippen molar-refractivity contribution in [1.82, 2.24) is 5.32 Å². The summed E-state index contributed by atoms with van der Waals surface area (Å²) in [5.74, 6) is 0.829. The topological polar surface area (TPSA) is 45.0 Å². The lowest BCUT2D eigenvalue weighted by Gasteiger charge is -2.23. The third kappa shape index (κ3) is 4.05. The van der Waals surface area contributed by atoms with Crippen LogP contribution in [0.4, 0.5) is 0 Å². The zero-order valence-electron chi connectivity index (χ0n) is 11.7. The van der Waals surface area contributed by atoms with Crippen LogP contribution in [0.15, 0.2) is 18.2 Å². The van der Waals surface area contributed by atoms with Crippen molar-refractivity contribution in [2.45, 2.75) is 33.7 Å². The third-order valence-corrected chi connectivity index (χ3v) is 3.29. The number of nitriles is 1. The minimum atomic E-state index is 0.292. The van der Waals surface area contributed by atoms with Gasteiger partial charge in [-0.1, -0.05) is 20.8 Å². The van der Waals surface area contributed by atoms with Crippen LogP contribution in [0, 0.1) is 16.7 Å². The minimum absolute atomic E-state index is 0.292. The van der Waals surface area contributed by atoms with Crippen LogP contribution in [0.1, 0.15) is 38.3 Å². The Morgan fingerprint density at radius 3 is 2.67 bits per heavy atom. The summed E-state index contributed by atoms with van der Waals surface area (Å²) in [5.41, 5.74) is 1.99. The number of rotatable bonds is 6. The largest absolute Gasteiger partial charge is 0.496 e. The molecule has 0 aromatic heterocycles. The van der Waals surface area contributed by atoms with E-state index in [1.165, 1.54) is 0 Å². The predicted molar refractivity (Wildman–Crippen MR) is 73.5 cm³/mol. The van der Waals surface area contributed by atoms with Gasteiger partial charge in [0.1, 0.15) is 5.75 Å². The molecule has 0 bridgehead atoms. The number of methoxy groups -OCH3 is 1. The SMILES string of the molecule is CCC(C)(C)CNCc1cc(C#N)ccc1OC. The molecular formula is C15H22N2O. The zero-order chi connectivity index (χ0) is 13.6. The highest BCUT2D eigenvalue weighted by Crippen LogP contribution is 2.21. The Morgan fingerprint density at radius 1 is 1.39 bits per heavy atom. The van der Waals surface area contributed by atoms with Crippen molar-refractivity contribution in [1.29, 1.82) is 5.26 Å². The second kappa shape index (κ2) is 6.42. The maximum absolute atomic E-state index is 8.91. The summed E-state index contributed by atoms with van der Waals surface area (Å²) < 4.78 is 5.30. The van der Waals surface area contributed by atoms with E-state index in [1.54, 1.807) is 13.2 Å². The molecular weight excluding hydrogens is 224 g/mol. The van der Waals surface area contributed by atoms with Crippen molar-refractivity contribution in [2.75, 3.05) is 13.7 Å². The van der Waals surface area contributed by atoms with E-state index in [0.717, 1.165) is 30.8 Å². The highest BCUT2D eigenvalue weighted by molar-refractivity contribution is 5.41. The van der Waals surface area contributed by atoms with E-state index < -0.39 is 0 Å². The number of hydrogen-bond donors (Lipinski definition) is 1. The van der Waals surface area contributed by atoms with Crippen LogP contribution in [0.3, 0.4) is 0 Å². The fourth-order valence-electron chi connectivity index (χ4n) is 1.65. The van der Waals surface area contributed by atoms with Crippen LogP contribution in [0.5, 0.6) is 5.75 Å². The average molecular weight is 246 g/mol. The lowest BCUT2D eigenvalue weighted by Crippen LogP contribution is -2.28. The van der Waals surface area contributed by atoms with E-state index in [-0.39, 0.29) is 0 Å². The van der Waals surface area contributed by atoms with Crippen molar-refractivity contribution in [3.8, 4) is 11.8 Å². The van der Waals surface area contributed by atoms with E-state index in [0.29, 0.717) is 11.0 Å². The highest BCUT2D eigenvalue weighted by atomic mass is 16.5. The molecule has 0 saturated carbocycles. The third-order valence-electron chi connectivity index (χ3n) is 3.29. The van der Waals surface area contributed by atoms with Crippen LogP contribution in [-0.4, -0.2) is 13.7 Å². The fourth-order valence-corrected chi connectivity index (χ4v) is 1.65. The monoisotopic (exact) mass is 246 g/mol. The van der Waals surface area contributed by atoms with E-state index in [2.05, 4.69) is 32.2 Å². The van der Waals surface area contributed by atoms with Gasteiger partial charge in [-0.15, -0.1) is 0 Å². The van der Waals surface area contributed by atoms with Gasteiger partial charge in [0, 0.05) is 18.7 Å². The molecule has 98 valence electrons. The Morgan fingerprint density at radius 2 is 2.11 bits per heavy atom. The first-order valence-electron chi connectivity index (χ1n) is 6.30. The summed E-state index contributed by atoms with van der Waals surface area (Å²) in [4.78, 5) is 0. The zero-order valence-corrected chi connectivity index (χ0v) is 11.7. The second-order valence-corrected chi connectivity index (χ2v) is 5.26. The molecule has 1 N–H and O–H groups in total. The molecule has 1 rings (SSSR count). The normalized spacial score (nSPS) is 11.1. The Bertz CT molecular complexity index is 433. The second-order valence-electron chi connectivity index (χ2n) is 5.26. The summed E-state index contributed by atoms with van der Waals surface area (Å²) in [7, 11) is 1.65. The van der Waals surface area contributed by atoms with Gasteiger partial charge in [-0.3, -0.25) is 0 Å². The van der Waals surface area contributed by atoms with E-state index in [1.807, 2.05) is 12.1 Å². The Labute approximate surface area is 110 Å². The lowest BCUT2D eigenvalue weighted by atomic mass is 9.90. The van der Waals surface area contributed by atoms with Crippen LogP contribution < -0.4 is 10.1 Å². The van der Waals surface area contributed by atoms with E-state index in [4.69, 9.17) is 10.00 Å². The Balaban J connectivity index is 2.69. The molecule has 3 heteroatoms. The maximum Gasteiger partial charge on any atom is 0.123 e. The average Bonchev–Trinajstić information content (AvgIpc) is 2.38. The maximum atomic E-state index is 8.91. The molecule has 0 aliphatic heterocycles. The highest BCUT2D eigenvalue weighted by Gasteiger charge is 2.14. The van der Waals surface area contributed by atoms with Gasteiger partial charge in [0.25, 0.3) is 0 Å². The summed E-state index contributed by atoms with van der Waals surface area (Å²) in [6, 6.07) is 7.66. The van der Waals surface area contributed by atoms with E-state index in [9.17, 15) is 0 Å². The predicted octanol–water partition coefficient (Wildman–Crippen LogP) is 3.09. The molecule has 0 amide bonds. The number of benzene rings is 1. The molecule has 0 spiro atoms. The molecule has 0 heterocycles. The van der Waals surface area contributed by atoms with Crippen molar-refractivity contribution in [2.24, 2.45) is 5.41 Å². The van der Waals surface area contributed by atoms with Crippen molar-refractivity contribution >= 4 is 0 Å².